The fourth-order valence-electron chi connectivity index (χ4n) is 3.87. The van der Waals surface area contributed by atoms with Crippen LogP contribution in [0.1, 0.15) is 30.7 Å². The Morgan fingerprint density at radius 3 is 2.48 bits per heavy atom. The molecule has 0 spiro atoms. The third-order valence-electron chi connectivity index (χ3n) is 5.53. The second-order valence-corrected chi connectivity index (χ2v) is 7.82. The quantitative estimate of drug-likeness (QED) is 0.612. The lowest BCUT2D eigenvalue weighted by atomic mass is 10.0. The van der Waals surface area contributed by atoms with Crippen LogP contribution in [0.25, 0.3) is 11.3 Å². The number of aromatic nitrogens is 1. The highest BCUT2D eigenvalue weighted by Gasteiger charge is 2.21. The van der Waals surface area contributed by atoms with E-state index in [4.69, 9.17) is 4.42 Å². The molecule has 4 rings (SSSR count). The van der Waals surface area contributed by atoms with Crippen LogP contribution in [0.5, 0.6) is 0 Å². The molecule has 0 aliphatic carbocycles. The molecule has 0 saturated carbocycles. The number of nitrogens with zero attached hydrogens (tertiary/aromatic N) is 2. The Kier molecular flexibility index (Phi) is 6.72. The summed E-state index contributed by atoms with van der Waals surface area (Å²) in [6.45, 7) is 2.81. The van der Waals surface area contributed by atoms with Crippen LogP contribution >= 0.6 is 0 Å². The standard InChI is InChI=1S/C24H25F2N3O2/c25-19-7-4-8-20(26)24(19)21-15-27-23(31-21)10-9-22(30)28-18-11-13-29(14-12-18)16-17-5-2-1-3-6-17/h1-8,15,18H,9-14,16H2,(H,28,30). The summed E-state index contributed by atoms with van der Waals surface area (Å²) < 4.78 is 33.2. The summed E-state index contributed by atoms with van der Waals surface area (Å²) >= 11 is 0. The zero-order chi connectivity index (χ0) is 21.6. The Labute approximate surface area is 180 Å². The number of likely N-dealkylation sites (tertiary alicyclic amines) is 1. The first-order valence-corrected chi connectivity index (χ1v) is 10.5. The highest BCUT2D eigenvalue weighted by molar-refractivity contribution is 5.76. The van der Waals surface area contributed by atoms with Gasteiger partial charge in [0.2, 0.25) is 5.91 Å². The zero-order valence-electron chi connectivity index (χ0n) is 17.2. The highest BCUT2D eigenvalue weighted by Crippen LogP contribution is 2.26. The van der Waals surface area contributed by atoms with Gasteiger partial charge < -0.3 is 9.73 Å². The molecule has 1 amide bonds. The summed E-state index contributed by atoms with van der Waals surface area (Å²) in [5.74, 6) is -1.18. The molecular formula is C24H25F2N3O2. The van der Waals surface area contributed by atoms with E-state index in [-0.39, 0.29) is 42.0 Å². The third-order valence-corrected chi connectivity index (χ3v) is 5.53. The molecule has 1 N–H and O–H groups in total. The molecule has 0 radical (unpaired) electrons. The predicted molar refractivity (Wildman–Crippen MR) is 113 cm³/mol. The first-order chi connectivity index (χ1) is 15.1. The van der Waals surface area contributed by atoms with Crippen molar-refractivity contribution >= 4 is 5.91 Å². The fourth-order valence-corrected chi connectivity index (χ4v) is 3.87. The highest BCUT2D eigenvalue weighted by atomic mass is 19.1. The molecule has 1 saturated heterocycles. The van der Waals surface area contributed by atoms with Crippen molar-refractivity contribution in [1.29, 1.82) is 0 Å². The summed E-state index contributed by atoms with van der Waals surface area (Å²) in [6, 6.07) is 14.2. The van der Waals surface area contributed by atoms with Gasteiger partial charge >= 0.3 is 0 Å². The molecular weight excluding hydrogens is 400 g/mol. The Bertz CT molecular complexity index is 994. The largest absolute Gasteiger partial charge is 0.441 e. The number of hydrogen-bond donors (Lipinski definition) is 1. The SMILES string of the molecule is O=C(CCc1ncc(-c2c(F)cccc2F)o1)NC1CCN(Cc2ccccc2)CC1. The van der Waals surface area contributed by atoms with Crippen LogP contribution in [0.4, 0.5) is 8.78 Å². The van der Waals surface area contributed by atoms with Crippen LogP contribution in [0, 0.1) is 11.6 Å². The molecule has 0 bridgehead atoms. The molecule has 7 heteroatoms. The van der Waals surface area contributed by atoms with Gasteiger partial charge in [0.15, 0.2) is 11.7 Å². The Balaban J connectivity index is 1.22. The summed E-state index contributed by atoms with van der Waals surface area (Å²) in [5.41, 5.74) is 1.05. The van der Waals surface area contributed by atoms with E-state index in [0.29, 0.717) is 0 Å². The summed E-state index contributed by atoms with van der Waals surface area (Å²) in [4.78, 5) is 18.8. The van der Waals surface area contributed by atoms with Crippen molar-refractivity contribution < 1.29 is 18.0 Å². The van der Waals surface area contributed by atoms with Gasteiger partial charge in [-0.3, -0.25) is 9.69 Å². The zero-order valence-corrected chi connectivity index (χ0v) is 17.2. The monoisotopic (exact) mass is 425 g/mol. The van der Waals surface area contributed by atoms with Gasteiger partial charge in [-0.2, -0.15) is 0 Å². The minimum atomic E-state index is -0.709. The molecule has 162 valence electrons. The summed E-state index contributed by atoms with van der Waals surface area (Å²) in [6.07, 6.45) is 3.60. The van der Waals surface area contributed by atoms with Gasteiger partial charge in [0.25, 0.3) is 0 Å². The van der Waals surface area contributed by atoms with Crippen molar-refractivity contribution in [3.05, 3.63) is 77.8 Å². The normalized spacial score (nSPS) is 15.2. The van der Waals surface area contributed by atoms with E-state index in [0.717, 1.165) is 32.5 Å². The average molecular weight is 425 g/mol. The Morgan fingerprint density at radius 2 is 1.77 bits per heavy atom. The van der Waals surface area contributed by atoms with Gasteiger partial charge in [0.1, 0.15) is 11.6 Å². The fraction of sp³-hybridized carbons (Fsp3) is 0.333. The first-order valence-electron chi connectivity index (χ1n) is 10.5. The van der Waals surface area contributed by atoms with Crippen LogP contribution in [0.3, 0.4) is 0 Å². The molecule has 0 unspecified atom stereocenters. The second-order valence-electron chi connectivity index (χ2n) is 7.82. The van der Waals surface area contributed by atoms with Crippen molar-refractivity contribution in [2.45, 2.75) is 38.3 Å². The number of nitrogens with one attached hydrogen (secondary N) is 1. The Hall–Kier alpha value is -3.06. The maximum absolute atomic E-state index is 13.9. The number of amides is 1. The number of rotatable bonds is 7. The molecule has 3 aromatic rings. The molecule has 1 aliphatic rings. The van der Waals surface area contributed by atoms with E-state index < -0.39 is 11.6 Å². The van der Waals surface area contributed by atoms with Crippen LogP contribution in [-0.2, 0) is 17.8 Å². The van der Waals surface area contributed by atoms with E-state index in [9.17, 15) is 13.6 Å². The number of carbonyl (C=O) groups excluding carboxylic acids is 1. The number of piperidine rings is 1. The lowest BCUT2D eigenvalue weighted by molar-refractivity contribution is -0.122. The molecule has 1 aliphatic heterocycles. The van der Waals surface area contributed by atoms with E-state index in [1.165, 1.54) is 30.0 Å². The minimum Gasteiger partial charge on any atom is -0.441 e. The number of aryl methyl sites for hydroxylation is 1. The van der Waals surface area contributed by atoms with Gasteiger partial charge in [-0.1, -0.05) is 36.4 Å². The van der Waals surface area contributed by atoms with Gasteiger partial charge in [0.05, 0.1) is 11.8 Å². The van der Waals surface area contributed by atoms with Crippen LogP contribution in [0.2, 0.25) is 0 Å². The van der Waals surface area contributed by atoms with Gasteiger partial charge in [-0.25, -0.2) is 13.8 Å². The van der Waals surface area contributed by atoms with Crippen molar-refractivity contribution in [2.24, 2.45) is 0 Å². The van der Waals surface area contributed by atoms with E-state index >= 15 is 0 Å². The molecule has 0 atom stereocenters. The number of halogens is 2. The topological polar surface area (TPSA) is 58.4 Å². The van der Waals surface area contributed by atoms with E-state index in [1.807, 2.05) is 18.2 Å². The van der Waals surface area contributed by atoms with E-state index in [2.05, 4.69) is 27.3 Å². The number of oxazole rings is 1. The lowest BCUT2D eigenvalue weighted by Crippen LogP contribution is -2.44. The summed E-state index contributed by atoms with van der Waals surface area (Å²) in [7, 11) is 0. The van der Waals surface area contributed by atoms with Crippen molar-refractivity contribution in [3.63, 3.8) is 0 Å². The summed E-state index contributed by atoms with van der Waals surface area (Å²) in [5, 5.41) is 3.08. The maximum Gasteiger partial charge on any atom is 0.220 e. The van der Waals surface area contributed by atoms with Gasteiger partial charge in [-0.05, 0) is 30.5 Å². The number of benzene rings is 2. The average Bonchev–Trinajstić information content (AvgIpc) is 3.23. The minimum absolute atomic E-state index is 0.0248. The van der Waals surface area contributed by atoms with Crippen LogP contribution in [-0.4, -0.2) is 34.9 Å². The molecule has 5 nitrogen and oxygen atoms in total. The molecule has 1 fully saturated rings. The molecule has 31 heavy (non-hydrogen) atoms. The van der Waals surface area contributed by atoms with E-state index in [1.54, 1.807) is 0 Å². The number of hydrogen-bond acceptors (Lipinski definition) is 4. The molecule has 2 heterocycles. The van der Waals surface area contributed by atoms with Gasteiger partial charge in [-0.15, -0.1) is 0 Å². The smallest absolute Gasteiger partial charge is 0.220 e. The first kappa shape index (κ1) is 21.2. The molecule has 2 aromatic carbocycles. The van der Waals surface area contributed by atoms with Crippen molar-refractivity contribution in [2.75, 3.05) is 13.1 Å². The molecule has 1 aromatic heterocycles. The van der Waals surface area contributed by atoms with Crippen molar-refractivity contribution in [3.8, 4) is 11.3 Å². The van der Waals surface area contributed by atoms with Crippen LogP contribution in [0.15, 0.2) is 59.1 Å². The van der Waals surface area contributed by atoms with Crippen molar-refractivity contribution in [1.82, 2.24) is 15.2 Å². The third kappa shape index (κ3) is 5.55. The Morgan fingerprint density at radius 1 is 1.06 bits per heavy atom. The van der Waals surface area contributed by atoms with Gasteiger partial charge in [0, 0.05) is 38.5 Å². The van der Waals surface area contributed by atoms with Crippen LogP contribution < -0.4 is 5.32 Å². The predicted octanol–water partition coefficient (Wildman–Crippen LogP) is 4.33. The second kappa shape index (κ2) is 9.83. The lowest BCUT2D eigenvalue weighted by Gasteiger charge is -2.32. The maximum atomic E-state index is 13.9. The number of carbonyl (C=O) groups is 1.